The first kappa shape index (κ1) is 19.0. The molecule has 1 aromatic carbocycles. The van der Waals surface area contributed by atoms with Gasteiger partial charge in [-0.15, -0.1) is 22.7 Å². The van der Waals surface area contributed by atoms with E-state index < -0.39 is 0 Å². The van der Waals surface area contributed by atoms with Crippen LogP contribution in [0.4, 0.5) is 5.69 Å². The summed E-state index contributed by atoms with van der Waals surface area (Å²) in [6.45, 7) is 0.191. The maximum atomic E-state index is 12.7. The van der Waals surface area contributed by atoms with Gasteiger partial charge < -0.3 is 10.1 Å². The summed E-state index contributed by atoms with van der Waals surface area (Å²) >= 11 is 3.00. The number of hydrogen-bond acceptors (Lipinski definition) is 6. The fourth-order valence-corrected chi connectivity index (χ4v) is 5.49. The molecule has 0 bridgehead atoms. The van der Waals surface area contributed by atoms with E-state index in [0.717, 1.165) is 29.9 Å². The quantitative estimate of drug-likeness (QED) is 0.498. The summed E-state index contributed by atoms with van der Waals surface area (Å²) < 4.78 is 7.61. The highest BCUT2D eigenvalue weighted by atomic mass is 32.1. The average Bonchev–Trinajstić information content (AvgIpc) is 3.40. The van der Waals surface area contributed by atoms with E-state index in [0.29, 0.717) is 22.0 Å². The molecule has 8 heteroatoms. The second-order valence-electron chi connectivity index (χ2n) is 7.13. The van der Waals surface area contributed by atoms with Crippen molar-refractivity contribution in [3.8, 4) is 5.75 Å². The Balaban J connectivity index is 1.32. The minimum atomic E-state index is -0.149. The number of carbonyl (C=O) groups is 1. The SMILES string of the molecule is O=C(Nc1cccc(OCc2cc(=O)n3c4c(sc3n2)CCCC4)c1)c1cccs1. The van der Waals surface area contributed by atoms with Gasteiger partial charge in [0.1, 0.15) is 12.4 Å². The lowest BCUT2D eigenvalue weighted by Gasteiger charge is -2.10. The Bertz CT molecular complexity index is 1270. The molecule has 0 saturated heterocycles. The molecule has 0 spiro atoms. The number of rotatable bonds is 5. The Kier molecular flexibility index (Phi) is 5.10. The first-order valence-electron chi connectivity index (χ1n) is 9.78. The van der Waals surface area contributed by atoms with Crippen molar-refractivity contribution in [3.63, 3.8) is 0 Å². The summed E-state index contributed by atoms with van der Waals surface area (Å²) in [6.07, 6.45) is 4.26. The molecule has 0 aliphatic heterocycles. The van der Waals surface area contributed by atoms with Crippen molar-refractivity contribution < 1.29 is 9.53 Å². The predicted molar refractivity (Wildman–Crippen MR) is 119 cm³/mol. The van der Waals surface area contributed by atoms with Crippen molar-refractivity contribution in [3.05, 3.63) is 79.3 Å². The number of fused-ring (bicyclic) bond motifs is 3. The van der Waals surface area contributed by atoms with Gasteiger partial charge in [-0.1, -0.05) is 12.1 Å². The van der Waals surface area contributed by atoms with E-state index in [1.165, 1.54) is 22.6 Å². The Labute approximate surface area is 180 Å². The van der Waals surface area contributed by atoms with Crippen LogP contribution in [0.1, 0.15) is 38.8 Å². The second kappa shape index (κ2) is 8.04. The third-order valence-electron chi connectivity index (χ3n) is 5.04. The van der Waals surface area contributed by atoms with Crippen LogP contribution in [0.5, 0.6) is 5.75 Å². The summed E-state index contributed by atoms with van der Waals surface area (Å²) in [4.78, 5) is 32.2. The number of thiazole rings is 1. The van der Waals surface area contributed by atoms with Crippen molar-refractivity contribution >= 4 is 39.2 Å². The molecule has 5 rings (SSSR count). The lowest BCUT2D eigenvalue weighted by molar-refractivity contribution is 0.103. The molecule has 1 aliphatic rings. The smallest absolute Gasteiger partial charge is 0.265 e. The van der Waals surface area contributed by atoms with Gasteiger partial charge in [-0.2, -0.15) is 0 Å². The van der Waals surface area contributed by atoms with E-state index in [4.69, 9.17) is 4.74 Å². The molecule has 152 valence electrons. The molecule has 0 atom stereocenters. The van der Waals surface area contributed by atoms with Crippen LogP contribution in [-0.4, -0.2) is 15.3 Å². The third kappa shape index (κ3) is 3.76. The summed E-state index contributed by atoms with van der Waals surface area (Å²) in [7, 11) is 0. The zero-order chi connectivity index (χ0) is 20.5. The molecule has 3 heterocycles. The van der Waals surface area contributed by atoms with Crippen LogP contribution in [0.2, 0.25) is 0 Å². The van der Waals surface area contributed by atoms with E-state index >= 15 is 0 Å². The van der Waals surface area contributed by atoms with E-state index in [1.807, 2.05) is 29.6 Å². The van der Waals surface area contributed by atoms with Gasteiger partial charge in [0.2, 0.25) is 0 Å². The molecule has 0 fully saturated rings. The van der Waals surface area contributed by atoms with Gasteiger partial charge in [-0.3, -0.25) is 14.0 Å². The number of nitrogens with zero attached hydrogens (tertiary/aromatic N) is 2. The number of ether oxygens (including phenoxy) is 1. The lowest BCUT2D eigenvalue weighted by atomic mass is 10.0. The number of aryl methyl sites for hydroxylation is 2. The zero-order valence-corrected chi connectivity index (χ0v) is 17.7. The fraction of sp³-hybridized carbons (Fsp3) is 0.227. The van der Waals surface area contributed by atoms with Gasteiger partial charge in [0.05, 0.1) is 10.6 Å². The molecule has 1 amide bonds. The molecular formula is C22H19N3O3S2. The number of carbonyl (C=O) groups excluding carboxylic acids is 1. The van der Waals surface area contributed by atoms with Crippen molar-refractivity contribution in [1.82, 2.24) is 9.38 Å². The number of nitrogens with one attached hydrogen (secondary N) is 1. The molecule has 6 nitrogen and oxygen atoms in total. The summed E-state index contributed by atoms with van der Waals surface area (Å²) in [5.74, 6) is 0.454. The third-order valence-corrected chi connectivity index (χ3v) is 7.05. The normalized spacial score (nSPS) is 13.2. The highest BCUT2D eigenvalue weighted by molar-refractivity contribution is 7.17. The number of benzene rings is 1. The fourth-order valence-electron chi connectivity index (χ4n) is 3.64. The van der Waals surface area contributed by atoms with E-state index in [2.05, 4.69) is 10.3 Å². The van der Waals surface area contributed by atoms with Gasteiger partial charge in [-0.05, 0) is 49.3 Å². The van der Waals surface area contributed by atoms with Gasteiger partial charge in [0.15, 0.2) is 4.96 Å². The lowest BCUT2D eigenvalue weighted by Crippen LogP contribution is -2.18. The minimum Gasteiger partial charge on any atom is -0.487 e. The van der Waals surface area contributed by atoms with E-state index in [9.17, 15) is 9.59 Å². The number of thiophene rings is 1. The number of hydrogen-bond donors (Lipinski definition) is 1. The minimum absolute atomic E-state index is 0.0463. The number of anilines is 1. The van der Waals surface area contributed by atoms with Crippen LogP contribution < -0.4 is 15.6 Å². The molecule has 1 aliphatic carbocycles. The largest absolute Gasteiger partial charge is 0.487 e. The molecule has 30 heavy (non-hydrogen) atoms. The number of aromatic nitrogens is 2. The van der Waals surface area contributed by atoms with E-state index in [-0.39, 0.29) is 18.1 Å². The molecular weight excluding hydrogens is 418 g/mol. The van der Waals surface area contributed by atoms with Crippen molar-refractivity contribution in [2.75, 3.05) is 5.32 Å². The van der Waals surface area contributed by atoms with Gasteiger partial charge in [0.25, 0.3) is 11.5 Å². The van der Waals surface area contributed by atoms with Crippen LogP contribution in [0, 0.1) is 0 Å². The Hall–Kier alpha value is -2.97. The van der Waals surface area contributed by atoms with E-state index in [1.54, 1.807) is 33.9 Å². The van der Waals surface area contributed by atoms with Crippen molar-refractivity contribution in [2.24, 2.45) is 0 Å². The molecule has 3 aromatic heterocycles. The summed E-state index contributed by atoms with van der Waals surface area (Å²) in [5, 5.41) is 4.73. The molecule has 1 N–H and O–H groups in total. The first-order valence-corrected chi connectivity index (χ1v) is 11.5. The first-order chi connectivity index (χ1) is 14.7. The van der Waals surface area contributed by atoms with Crippen LogP contribution in [0.15, 0.2) is 52.6 Å². The summed E-state index contributed by atoms with van der Waals surface area (Å²) in [6, 6.07) is 12.4. The summed E-state index contributed by atoms with van der Waals surface area (Å²) in [5.41, 5.74) is 2.34. The highest BCUT2D eigenvalue weighted by Gasteiger charge is 2.18. The van der Waals surface area contributed by atoms with Gasteiger partial charge >= 0.3 is 0 Å². The topological polar surface area (TPSA) is 72.7 Å². The van der Waals surface area contributed by atoms with Crippen LogP contribution in [-0.2, 0) is 19.4 Å². The molecule has 0 unspecified atom stereocenters. The molecule has 0 radical (unpaired) electrons. The maximum Gasteiger partial charge on any atom is 0.265 e. The van der Waals surface area contributed by atoms with Crippen LogP contribution in [0.25, 0.3) is 4.96 Å². The van der Waals surface area contributed by atoms with Gasteiger partial charge in [-0.25, -0.2) is 4.98 Å². The Morgan fingerprint density at radius 1 is 1.17 bits per heavy atom. The van der Waals surface area contributed by atoms with Crippen molar-refractivity contribution in [2.45, 2.75) is 32.3 Å². The van der Waals surface area contributed by atoms with Crippen LogP contribution in [0.3, 0.4) is 0 Å². The Morgan fingerprint density at radius 3 is 2.93 bits per heavy atom. The second-order valence-corrected chi connectivity index (χ2v) is 9.14. The Morgan fingerprint density at radius 2 is 2.07 bits per heavy atom. The average molecular weight is 438 g/mol. The maximum absolute atomic E-state index is 12.7. The predicted octanol–water partition coefficient (Wildman–Crippen LogP) is 4.53. The number of amides is 1. The van der Waals surface area contributed by atoms with Crippen molar-refractivity contribution in [1.29, 1.82) is 0 Å². The standard InChI is InChI=1S/C22H19N3O3S2/c26-20-12-15(24-22-25(20)17-7-1-2-8-18(17)30-22)13-28-16-6-3-5-14(11-16)23-21(27)19-9-4-10-29-19/h3-6,9-12H,1-2,7-8,13H2,(H,23,27). The zero-order valence-electron chi connectivity index (χ0n) is 16.1. The highest BCUT2D eigenvalue weighted by Crippen LogP contribution is 2.28. The molecule has 4 aromatic rings. The van der Waals surface area contributed by atoms with Gasteiger partial charge in [0, 0.05) is 28.4 Å². The monoisotopic (exact) mass is 437 g/mol. The van der Waals surface area contributed by atoms with Crippen LogP contribution >= 0.6 is 22.7 Å². The molecule has 0 saturated carbocycles.